The molecular weight excluding hydrogens is 831 g/mol. The summed E-state index contributed by atoms with van der Waals surface area (Å²) >= 11 is 0. The number of pyridine rings is 1. The zero-order chi connectivity index (χ0) is 45.9. The molecule has 0 radical (unpaired) electrons. The van der Waals surface area contributed by atoms with Crippen LogP contribution in [0.1, 0.15) is 64.2 Å². The van der Waals surface area contributed by atoms with E-state index in [0.29, 0.717) is 63.0 Å². The highest BCUT2D eigenvalue weighted by Gasteiger charge is 2.41. The number of fused-ring (bicyclic) bond motifs is 1. The predicted octanol–water partition coefficient (Wildman–Crippen LogP) is -0.942. The normalized spacial score (nSPS) is 21.1. The molecule has 0 aliphatic carbocycles. The number of nitrogens with zero attached hydrogens (tertiary/aromatic N) is 3. The summed E-state index contributed by atoms with van der Waals surface area (Å²) in [6, 6.07) is 10.7. The summed E-state index contributed by atoms with van der Waals surface area (Å²) in [5.41, 5.74) is 11.8. The lowest BCUT2D eigenvalue weighted by molar-refractivity contribution is -0.141. The number of benzene rings is 2. The van der Waals surface area contributed by atoms with Crippen molar-refractivity contribution in [1.82, 2.24) is 36.1 Å². The van der Waals surface area contributed by atoms with Gasteiger partial charge in [0.1, 0.15) is 36.3 Å². The number of primary amides is 2. The Balaban J connectivity index is 0.000000214. The van der Waals surface area contributed by atoms with Crippen LogP contribution >= 0.6 is 0 Å². The lowest BCUT2D eigenvalue weighted by Crippen LogP contribution is -2.56. The number of hydrogen-bond donors (Lipinski definition) is 8. The Hall–Kier alpha value is -7.45. The number of para-hydroxylation sites is 1. The molecule has 7 rings (SSSR count). The average molecular weight is 882 g/mol. The summed E-state index contributed by atoms with van der Waals surface area (Å²) in [7, 11) is 0. The molecule has 2 aromatic carbocycles. The highest BCUT2D eigenvalue weighted by molar-refractivity contribution is 6.06. The van der Waals surface area contributed by atoms with Crippen LogP contribution in [0.5, 0.6) is 0 Å². The molecule has 5 heterocycles. The Bertz CT molecular complexity index is 2300. The number of nitrogens with two attached hydrogens (primary N) is 2. The largest absolute Gasteiger partial charge is 0.370 e. The molecule has 0 spiro atoms. The first-order chi connectivity index (χ1) is 30.7. The molecule has 21 heteroatoms. The van der Waals surface area contributed by atoms with E-state index < -0.39 is 84.5 Å². The van der Waals surface area contributed by atoms with Crippen LogP contribution in [0.25, 0.3) is 10.8 Å². The van der Waals surface area contributed by atoms with Crippen molar-refractivity contribution in [2.24, 2.45) is 11.5 Å². The van der Waals surface area contributed by atoms with Crippen LogP contribution in [0, 0.1) is 0 Å². The fourth-order valence-electron chi connectivity index (χ4n) is 8.17. The van der Waals surface area contributed by atoms with Crippen LogP contribution in [-0.4, -0.2) is 123 Å². The molecule has 4 saturated heterocycles. The summed E-state index contributed by atoms with van der Waals surface area (Å²) in [5.74, 6) is -4.93. The molecule has 3 aromatic rings. The second kappa shape index (κ2) is 21.1. The van der Waals surface area contributed by atoms with E-state index in [-0.39, 0.29) is 36.5 Å². The zero-order valence-corrected chi connectivity index (χ0v) is 34.9. The maximum atomic E-state index is 13.3. The van der Waals surface area contributed by atoms with Gasteiger partial charge in [0.25, 0.3) is 0 Å². The van der Waals surface area contributed by atoms with Crippen LogP contribution in [-0.2, 0) is 47.9 Å². The minimum Gasteiger partial charge on any atom is -0.370 e. The van der Waals surface area contributed by atoms with Crippen molar-refractivity contribution >= 4 is 81.2 Å². The number of anilines is 2. The lowest BCUT2D eigenvalue weighted by Gasteiger charge is -2.29. The molecule has 0 saturated carbocycles. The summed E-state index contributed by atoms with van der Waals surface area (Å²) in [6.07, 6.45) is 5.71. The van der Waals surface area contributed by atoms with Crippen molar-refractivity contribution in [3.8, 4) is 0 Å². The van der Waals surface area contributed by atoms with Gasteiger partial charge in [-0.15, -0.1) is 0 Å². The molecule has 4 aliphatic rings. The molecule has 6 atom stereocenters. The monoisotopic (exact) mass is 881 g/mol. The maximum absolute atomic E-state index is 13.3. The van der Waals surface area contributed by atoms with Gasteiger partial charge in [-0.25, -0.2) is 0 Å². The third-order valence-electron chi connectivity index (χ3n) is 11.3. The van der Waals surface area contributed by atoms with Crippen molar-refractivity contribution in [2.75, 3.05) is 23.7 Å². The van der Waals surface area contributed by atoms with Crippen molar-refractivity contribution in [3.63, 3.8) is 0 Å². The van der Waals surface area contributed by atoms with Crippen LogP contribution in [0.2, 0.25) is 0 Å². The molecular formula is C43H51N11O10. The van der Waals surface area contributed by atoms with Crippen LogP contribution in [0.3, 0.4) is 0 Å². The van der Waals surface area contributed by atoms with E-state index in [2.05, 4.69) is 36.9 Å². The molecule has 0 bridgehead atoms. The Morgan fingerprint density at radius 3 is 1.64 bits per heavy atom. The van der Waals surface area contributed by atoms with Gasteiger partial charge in [-0.1, -0.05) is 30.3 Å². The number of amides is 10. The van der Waals surface area contributed by atoms with Gasteiger partial charge < -0.3 is 53.2 Å². The minimum absolute atomic E-state index is 0.213. The minimum atomic E-state index is -1.22. The van der Waals surface area contributed by atoms with Gasteiger partial charge in [0, 0.05) is 60.5 Å². The van der Waals surface area contributed by atoms with E-state index in [1.807, 2.05) is 12.1 Å². The van der Waals surface area contributed by atoms with Crippen molar-refractivity contribution in [3.05, 3.63) is 67.0 Å². The third-order valence-corrected chi connectivity index (χ3v) is 11.3. The molecule has 6 unspecified atom stereocenters. The van der Waals surface area contributed by atoms with E-state index in [9.17, 15) is 47.9 Å². The van der Waals surface area contributed by atoms with Gasteiger partial charge in [-0.3, -0.25) is 52.9 Å². The third kappa shape index (κ3) is 11.7. The number of aromatic nitrogens is 1. The van der Waals surface area contributed by atoms with Gasteiger partial charge in [-0.2, -0.15) is 0 Å². The number of carbonyl (C=O) groups excluding carboxylic acids is 10. The number of rotatable bonds is 14. The van der Waals surface area contributed by atoms with Crippen LogP contribution in [0.15, 0.2) is 67.0 Å². The van der Waals surface area contributed by atoms with Crippen molar-refractivity contribution in [1.29, 1.82) is 0 Å². The summed E-state index contributed by atoms with van der Waals surface area (Å²) < 4.78 is 0. The summed E-state index contributed by atoms with van der Waals surface area (Å²) in [5, 5.41) is 17.5. The standard InChI is InChI=1S/C23H26N6O5.C20H25N5O5/c24-19(30)11-17(28-21(32)16-6-7-20(31)26-16)23(34)29-10-2-5-18(29)22(33)27-15-4-1-3-13-12-25-9-8-14(13)15;21-16(26)11-14(24-18(28)13-8-9-17(27)23-13)20(30)25-10-4-7-15(25)19(29)22-12-5-2-1-3-6-12/h1,3-4,8-9,12,16-18H,2,5-7,10-11H2,(H2,24,30)(H,26,31)(H,27,33)(H,28,32);1-3,5-6,13-15H,4,7-11H2,(H2,21,26)(H,22,29)(H,23,27)(H,24,28). The number of carbonyl (C=O) groups is 10. The molecule has 10 amide bonds. The molecule has 4 fully saturated rings. The first-order valence-electron chi connectivity index (χ1n) is 21.0. The second-order valence-corrected chi connectivity index (χ2v) is 15.9. The topological polar surface area (TPSA) is 314 Å². The van der Waals surface area contributed by atoms with E-state index in [1.54, 1.807) is 54.9 Å². The first-order valence-corrected chi connectivity index (χ1v) is 21.0. The number of nitrogens with one attached hydrogen (secondary N) is 6. The van der Waals surface area contributed by atoms with Gasteiger partial charge in [-0.05, 0) is 62.8 Å². The summed E-state index contributed by atoms with van der Waals surface area (Å²) in [6.45, 7) is 0.638. The Morgan fingerprint density at radius 2 is 1.16 bits per heavy atom. The fourth-order valence-corrected chi connectivity index (χ4v) is 8.17. The highest BCUT2D eigenvalue weighted by Crippen LogP contribution is 2.26. The molecule has 1 aromatic heterocycles. The number of likely N-dealkylation sites (tertiary alicyclic amines) is 2. The SMILES string of the molecule is NC(=O)CC(NC(=O)C1CCC(=O)N1)C(=O)N1CCCC1C(=O)Nc1cccc2cnccc12.NC(=O)CC(NC(=O)C1CCC(=O)N1)C(=O)N1CCCC1C(=O)Nc1ccccc1. The molecule has 64 heavy (non-hydrogen) atoms. The second-order valence-electron chi connectivity index (χ2n) is 15.9. The van der Waals surface area contributed by atoms with Crippen LogP contribution < -0.4 is 43.4 Å². The summed E-state index contributed by atoms with van der Waals surface area (Å²) in [4.78, 5) is 130. The van der Waals surface area contributed by atoms with Gasteiger partial charge in [0.2, 0.25) is 59.1 Å². The molecule has 10 N–H and O–H groups in total. The van der Waals surface area contributed by atoms with Gasteiger partial charge in [0.05, 0.1) is 12.8 Å². The smallest absolute Gasteiger partial charge is 0.247 e. The maximum Gasteiger partial charge on any atom is 0.247 e. The molecule has 338 valence electrons. The van der Waals surface area contributed by atoms with E-state index in [4.69, 9.17) is 11.5 Å². The first kappa shape index (κ1) is 46.1. The van der Waals surface area contributed by atoms with Gasteiger partial charge >= 0.3 is 0 Å². The average Bonchev–Trinajstić information content (AvgIpc) is 4.11. The van der Waals surface area contributed by atoms with Crippen molar-refractivity contribution in [2.45, 2.75) is 100 Å². The van der Waals surface area contributed by atoms with E-state index in [1.165, 1.54) is 9.80 Å². The number of hydrogen-bond acceptors (Lipinski definition) is 11. The quantitative estimate of drug-likeness (QED) is 0.0977. The Morgan fingerprint density at radius 1 is 0.641 bits per heavy atom. The van der Waals surface area contributed by atoms with Crippen LogP contribution in [0.4, 0.5) is 11.4 Å². The fraction of sp³-hybridized carbons (Fsp3) is 0.419. The van der Waals surface area contributed by atoms with E-state index in [0.717, 1.165) is 10.8 Å². The highest BCUT2D eigenvalue weighted by atomic mass is 16.2. The van der Waals surface area contributed by atoms with Crippen molar-refractivity contribution < 1.29 is 47.9 Å². The lowest BCUT2D eigenvalue weighted by atomic mass is 10.1. The molecule has 21 nitrogen and oxygen atoms in total. The predicted molar refractivity (Wildman–Crippen MR) is 229 cm³/mol. The zero-order valence-electron chi connectivity index (χ0n) is 34.9. The van der Waals surface area contributed by atoms with E-state index >= 15 is 0 Å². The molecule has 4 aliphatic heterocycles. The Kier molecular flexibility index (Phi) is 15.2. The Labute approximate surface area is 367 Å². The van der Waals surface area contributed by atoms with Gasteiger partial charge in [0.15, 0.2) is 0 Å².